The van der Waals surface area contributed by atoms with E-state index in [2.05, 4.69) is 24.3 Å². The summed E-state index contributed by atoms with van der Waals surface area (Å²) in [5.41, 5.74) is 4.20. The number of amides is 1. The second-order valence-electron chi connectivity index (χ2n) is 8.31. The van der Waals surface area contributed by atoms with Gasteiger partial charge < -0.3 is 14.2 Å². The van der Waals surface area contributed by atoms with Gasteiger partial charge in [0, 0.05) is 5.92 Å². The van der Waals surface area contributed by atoms with E-state index in [9.17, 15) is 9.59 Å². The second kappa shape index (κ2) is 7.52. The average Bonchev–Trinajstić information content (AvgIpc) is 3.22. The highest BCUT2D eigenvalue weighted by Crippen LogP contribution is 2.44. The molecule has 0 bridgehead atoms. The molecule has 1 fully saturated rings. The van der Waals surface area contributed by atoms with Crippen LogP contribution in [0.1, 0.15) is 37.8 Å². The first-order valence-electron chi connectivity index (χ1n) is 9.77. The molecule has 0 radical (unpaired) electrons. The highest BCUT2D eigenvalue weighted by atomic mass is 16.6. The van der Waals surface area contributed by atoms with E-state index in [1.54, 1.807) is 0 Å². The molecule has 1 atom stereocenters. The number of nitrogens with zero attached hydrogens (tertiary/aromatic N) is 1. The van der Waals surface area contributed by atoms with E-state index in [4.69, 9.17) is 14.2 Å². The van der Waals surface area contributed by atoms with Crippen LogP contribution in [0.3, 0.4) is 0 Å². The Morgan fingerprint density at radius 2 is 1.62 bits per heavy atom. The Labute approximate surface area is 170 Å². The Kier molecular flexibility index (Phi) is 5.04. The molecule has 6 heteroatoms. The number of hydrogen-bond acceptors (Lipinski definition) is 5. The van der Waals surface area contributed by atoms with Gasteiger partial charge >= 0.3 is 12.1 Å². The van der Waals surface area contributed by atoms with Crippen molar-refractivity contribution < 1.29 is 23.8 Å². The van der Waals surface area contributed by atoms with Gasteiger partial charge in [0.15, 0.2) is 12.8 Å². The van der Waals surface area contributed by atoms with Gasteiger partial charge in [0.05, 0.1) is 12.2 Å². The van der Waals surface area contributed by atoms with Crippen LogP contribution in [0.25, 0.3) is 11.1 Å². The fraction of sp³-hybridized carbons (Fsp3) is 0.391. The molecular weight excluding hydrogens is 370 g/mol. The number of hydrogen-bond donors (Lipinski definition) is 0. The van der Waals surface area contributed by atoms with Gasteiger partial charge in [0.25, 0.3) is 0 Å². The molecule has 2 aromatic carbocycles. The summed E-state index contributed by atoms with van der Waals surface area (Å²) in [6.07, 6.45) is -0.569. The monoisotopic (exact) mass is 395 g/mol. The predicted molar refractivity (Wildman–Crippen MR) is 107 cm³/mol. The number of carbonyl (C=O) groups excluding carboxylic acids is 2. The van der Waals surface area contributed by atoms with E-state index in [0.717, 1.165) is 11.1 Å². The number of benzene rings is 2. The maximum absolute atomic E-state index is 12.7. The van der Waals surface area contributed by atoms with Gasteiger partial charge in [-0.1, -0.05) is 48.5 Å². The summed E-state index contributed by atoms with van der Waals surface area (Å²) < 4.78 is 16.4. The minimum atomic E-state index is -0.787. The van der Waals surface area contributed by atoms with Crippen molar-refractivity contribution in [1.29, 1.82) is 0 Å². The molecule has 1 aliphatic carbocycles. The zero-order valence-corrected chi connectivity index (χ0v) is 16.9. The highest BCUT2D eigenvalue weighted by molar-refractivity contribution is 5.84. The number of esters is 1. The van der Waals surface area contributed by atoms with Crippen molar-refractivity contribution in [3.05, 3.63) is 59.7 Å². The molecule has 4 rings (SSSR count). The van der Waals surface area contributed by atoms with E-state index >= 15 is 0 Å². The molecule has 0 aromatic heterocycles. The molecule has 0 spiro atoms. The normalized spacial score (nSPS) is 18.4. The SMILES string of the molecule is CC(C)(C)OC[C@@H]1C(=O)OCN1C(=O)OCC1c2ccccc2-c2ccccc21. The predicted octanol–water partition coefficient (Wildman–Crippen LogP) is 3.94. The van der Waals surface area contributed by atoms with Crippen molar-refractivity contribution in [1.82, 2.24) is 4.90 Å². The average molecular weight is 395 g/mol. The van der Waals surface area contributed by atoms with Gasteiger partial charge in [-0.3, -0.25) is 4.90 Å². The van der Waals surface area contributed by atoms with Gasteiger partial charge in [-0.05, 0) is 43.0 Å². The van der Waals surface area contributed by atoms with Crippen LogP contribution in [-0.2, 0) is 19.0 Å². The molecule has 1 saturated heterocycles. The molecule has 152 valence electrons. The van der Waals surface area contributed by atoms with Gasteiger partial charge in [0.2, 0.25) is 0 Å². The lowest BCUT2D eigenvalue weighted by Gasteiger charge is -2.25. The maximum Gasteiger partial charge on any atom is 0.413 e. The molecule has 2 aliphatic rings. The number of cyclic esters (lactones) is 1. The maximum atomic E-state index is 12.7. The number of ether oxygens (including phenoxy) is 3. The van der Waals surface area contributed by atoms with Crippen molar-refractivity contribution in [2.75, 3.05) is 19.9 Å². The van der Waals surface area contributed by atoms with Crippen molar-refractivity contribution in [3.8, 4) is 11.1 Å². The van der Waals surface area contributed by atoms with Crippen molar-refractivity contribution in [2.24, 2.45) is 0 Å². The van der Waals surface area contributed by atoms with Crippen LogP contribution in [-0.4, -0.2) is 48.5 Å². The number of rotatable bonds is 4. The molecule has 0 saturated carbocycles. The van der Waals surface area contributed by atoms with Crippen LogP contribution < -0.4 is 0 Å². The van der Waals surface area contributed by atoms with Gasteiger partial charge in [-0.2, -0.15) is 0 Å². The molecule has 0 unspecified atom stereocenters. The van der Waals surface area contributed by atoms with Gasteiger partial charge in [-0.25, -0.2) is 9.59 Å². The molecular formula is C23H25NO5. The Morgan fingerprint density at radius 3 is 2.21 bits per heavy atom. The molecule has 29 heavy (non-hydrogen) atoms. The van der Waals surface area contributed by atoms with Crippen LogP contribution in [0.4, 0.5) is 4.79 Å². The van der Waals surface area contributed by atoms with E-state index in [-0.39, 0.29) is 25.9 Å². The van der Waals surface area contributed by atoms with Crippen molar-refractivity contribution in [2.45, 2.75) is 38.3 Å². The lowest BCUT2D eigenvalue weighted by Crippen LogP contribution is -2.43. The summed E-state index contributed by atoms with van der Waals surface area (Å²) in [5, 5.41) is 0. The van der Waals surface area contributed by atoms with Gasteiger partial charge in [-0.15, -0.1) is 0 Å². The third-order valence-corrected chi connectivity index (χ3v) is 5.24. The Hall–Kier alpha value is -2.86. The van der Waals surface area contributed by atoms with Gasteiger partial charge in [0.1, 0.15) is 6.61 Å². The second-order valence-corrected chi connectivity index (χ2v) is 8.31. The van der Waals surface area contributed by atoms with E-state index in [1.165, 1.54) is 16.0 Å². The molecule has 0 N–H and O–H groups in total. The smallest absolute Gasteiger partial charge is 0.413 e. The van der Waals surface area contributed by atoms with Crippen LogP contribution in [0.15, 0.2) is 48.5 Å². The standard InChI is InChI=1S/C23H25NO5/c1-23(2,3)29-13-20-21(25)28-14-24(20)22(26)27-12-19-17-10-6-4-8-15(17)16-9-5-7-11-18(16)19/h4-11,19-20H,12-14H2,1-3H3/t20-/m1/s1. The topological polar surface area (TPSA) is 65.1 Å². The highest BCUT2D eigenvalue weighted by Gasteiger charge is 2.40. The lowest BCUT2D eigenvalue weighted by atomic mass is 9.98. The summed E-state index contributed by atoms with van der Waals surface area (Å²) in [7, 11) is 0. The van der Waals surface area contributed by atoms with E-state index in [0.29, 0.717) is 0 Å². The van der Waals surface area contributed by atoms with Crippen LogP contribution in [0.2, 0.25) is 0 Å². The first-order chi connectivity index (χ1) is 13.8. The summed E-state index contributed by atoms with van der Waals surface area (Å²) in [6.45, 7) is 5.84. The fourth-order valence-electron chi connectivity index (χ4n) is 3.79. The zero-order chi connectivity index (χ0) is 20.6. The van der Waals surface area contributed by atoms with Crippen LogP contribution in [0, 0.1) is 0 Å². The molecule has 2 aromatic rings. The summed E-state index contributed by atoms with van der Waals surface area (Å²) >= 11 is 0. The molecule has 6 nitrogen and oxygen atoms in total. The summed E-state index contributed by atoms with van der Waals surface area (Å²) in [5.74, 6) is -0.502. The fourth-order valence-corrected chi connectivity index (χ4v) is 3.79. The zero-order valence-electron chi connectivity index (χ0n) is 16.9. The van der Waals surface area contributed by atoms with Crippen molar-refractivity contribution in [3.63, 3.8) is 0 Å². The third kappa shape index (κ3) is 3.85. The molecule has 1 heterocycles. The lowest BCUT2D eigenvalue weighted by molar-refractivity contribution is -0.141. The summed E-state index contributed by atoms with van der Waals surface area (Å²) in [4.78, 5) is 26.1. The Bertz CT molecular complexity index is 887. The van der Waals surface area contributed by atoms with E-state index in [1.807, 2.05) is 45.0 Å². The third-order valence-electron chi connectivity index (χ3n) is 5.24. The minimum absolute atomic E-state index is 0.0325. The van der Waals surface area contributed by atoms with Crippen LogP contribution >= 0.6 is 0 Å². The number of fused-ring (bicyclic) bond motifs is 3. The van der Waals surface area contributed by atoms with Crippen LogP contribution in [0.5, 0.6) is 0 Å². The molecule has 1 amide bonds. The first kappa shape index (κ1) is 19.5. The quantitative estimate of drug-likeness (QED) is 0.734. The first-order valence-corrected chi connectivity index (χ1v) is 9.77. The largest absolute Gasteiger partial charge is 0.448 e. The minimum Gasteiger partial charge on any atom is -0.448 e. The summed E-state index contributed by atoms with van der Waals surface area (Å²) in [6, 6.07) is 15.5. The van der Waals surface area contributed by atoms with E-state index < -0.39 is 23.7 Å². The Balaban J connectivity index is 1.46. The Morgan fingerprint density at radius 1 is 1.03 bits per heavy atom. The molecule has 1 aliphatic heterocycles. The number of carbonyl (C=O) groups is 2. The van der Waals surface area contributed by atoms with Crippen molar-refractivity contribution >= 4 is 12.1 Å².